The highest BCUT2D eigenvalue weighted by atomic mass is 16.8. The second-order valence-corrected chi connectivity index (χ2v) is 11.3. The summed E-state index contributed by atoms with van der Waals surface area (Å²) >= 11 is 0. The van der Waals surface area contributed by atoms with E-state index in [1.807, 2.05) is 48.5 Å². The predicted molar refractivity (Wildman–Crippen MR) is 158 cm³/mol. The van der Waals surface area contributed by atoms with Gasteiger partial charge in [0.25, 0.3) is 5.72 Å². The Kier molecular flexibility index (Phi) is 15.9. The molecule has 0 aliphatic carbocycles. The van der Waals surface area contributed by atoms with Gasteiger partial charge in [-0.1, -0.05) is 67.4 Å². The van der Waals surface area contributed by atoms with Crippen molar-refractivity contribution in [3.63, 3.8) is 0 Å². The number of carbonyl (C=O) groups is 4. The molecule has 0 aliphatic heterocycles. The molecule has 0 heterocycles. The van der Waals surface area contributed by atoms with Gasteiger partial charge in [0.05, 0.1) is 13.2 Å². The second kappa shape index (κ2) is 18.2. The van der Waals surface area contributed by atoms with Crippen molar-refractivity contribution >= 4 is 24.4 Å². The number of carbonyl (C=O) groups excluding carboxylic acids is 3. The number of benzene rings is 1. The molecule has 0 spiro atoms. The zero-order valence-electron chi connectivity index (χ0n) is 26.9. The van der Waals surface area contributed by atoms with Gasteiger partial charge in [0, 0.05) is 12.5 Å². The third kappa shape index (κ3) is 13.1. The van der Waals surface area contributed by atoms with Gasteiger partial charge in [-0.25, -0.2) is 19.2 Å². The fourth-order valence-electron chi connectivity index (χ4n) is 3.26. The number of hydrogen-bond acceptors (Lipinski definition) is 11. The lowest BCUT2D eigenvalue weighted by molar-refractivity contribution is -0.168. The fourth-order valence-corrected chi connectivity index (χ4v) is 3.26. The molecule has 1 aromatic rings. The molecule has 0 aromatic heterocycles. The van der Waals surface area contributed by atoms with Crippen molar-refractivity contribution in [2.75, 3.05) is 13.2 Å². The van der Waals surface area contributed by atoms with Gasteiger partial charge in [0.15, 0.2) is 11.5 Å². The zero-order chi connectivity index (χ0) is 32.7. The highest BCUT2D eigenvalue weighted by molar-refractivity contribution is 5.80. The van der Waals surface area contributed by atoms with Crippen molar-refractivity contribution in [2.24, 2.45) is 17.8 Å². The Morgan fingerprint density at radius 1 is 0.791 bits per heavy atom. The van der Waals surface area contributed by atoms with E-state index in [4.69, 9.17) is 28.4 Å². The van der Waals surface area contributed by atoms with Crippen LogP contribution in [0, 0.1) is 17.8 Å². The molecule has 4 unspecified atom stereocenters. The maximum absolute atomic E-state index is 12.7. The predicted octanol–water partition coefficient (Wildman–Crippen LogP) is 6.72. The zero-order valence-corrected chi connectivity index (χ0v) is 26.9. The summed E-state index contributed by atoms with van der Waals surface area (Å²) in [7, 11) is 0. The summed E-state index contributed by atoms with van der Waals surface area (Å²) < 4.78 is 31.7. The van der Waals surface area contributed by atoms with Crippen LogP contribution in [0.5, 0.6) is 11.5 Å². The molecule has 43 heavy (non-hydrogen) atoms. The Morgan fingerprint density at radius 3 is 1.79 bits per heavy atom. The Hall–Kier alpha value is -3.54. The summed E-state index contributed by atoms with van der Waals surface area (Å²) in [6.07, 6.45) is -2.03. The van der Waals surface area contributed by atoms with Crippen molar-refractivity contribution in [2.45, 2.75) is 106 Å². The highest BCUT2D eigenvalue weighted by Gasteiger charge is 2.45. The van der Waals surface area contributed by atoms with Crippen LogP contribution in [0.2, 0.25) is 0 Å². The molecule has 0 amide bonds. The molecule has 1 rings (SSSR count). The number of hydrogen-bond donors (Lipinski definition) is 2. The lowest BCUT2D eigenvalue weighted by Crippen LogP contribution is -2.59. The van der Waals surface area contributed by atoms with Gasteiger partial charge in [-0.15, -0.1) is 0 Å². The molecule has 2 N–H and O–H groups in total. The third-order valence-corrected chi connectivity index (χ3v) is 7.13. The Morgan fingerprint density at radius 2 is 1.33 bits per heavy atom. The Labute approximate surface area is 254 Å². The quantitative estimate of drug-likeness (QED) is 0.0831. The van der Waals surface area contributed by atoms with Crippen LogP contribution in [0.1, 0.15) is 87.1 Å². The van der Waals surface area contributed by atoms with Crippen molar-refractivity contribution < 1.29 is 52.7 Å². The molecule has 0 saturated carbocycles. The van der Waals surface area contributed by atoms with E-state index in [-0.39, 0.29) is 54.1 Å². The maximum atomic E-state index is 12.7. The first-order valence-electron chi connectivity index (χ1n) is 14.9. The summed E-state index contributed by atoms with van der Waals surface area (Å²) in [5, 5.41) is 13.2. The molecule has 0 fully saturated rings. The van der Waals surface area contributed by atoms with Crippen molar-refractivity contribution in [1.29, 1.82) is 0 Å². The molecule has 5 atom stereocenters. The molecular formula is C31H49NO11. The average Bonchev–Trinajstić information content (AvgIpc) is 2.95. The Bertz CT molecular complexity index is 1060. The normalized spacial score (nSPS) is 15.3. The number of carboxylic acids is 1. The van der Waals surface area contributed by atoms with E-state index < -0.39 is 42.7 Å². The van der Waals surface area contributed by atoms with Crippen LogP contribution in [-0.2, 0) is 30.2 Å². The van der Waals surface area contributed by atoms with Crippen LogP contribution in [0.3, 0.4) is 0 Å². The minimum Gasteiger partial charge on any atom is -0.477 e. The maximum Gasteiger partial charge on any atom is 0.513 e. The van der Waals surface area contributed by atoms with E-state index in [1.165, 1.54) is 18.2 Å². The molecule has 12 nitrogen and oxygen atoms in total. The topological polar surface area (TPSA) is 156 Å². The van der Waals surface area contributed by atoms with Crippen LogP contribution in [0.25, 0.3) is 0 Å². The van der Waals surface area contributed by atoms with E-state index in [1.54, 1.807) is 13.8 Å². The lowest BCUT2D eigenvalue weighted by atomic mass is 10.00. The standard InChI is InChI=1S/C31H49NO11/c1-10-20(6)17-38-28(35)41-25-14-13-24(15-26(25)42-29(36)39-18-21(7)11-2)16-31(27(33)34,32-22(8)12-3)43-30(37)40-23(9)19(4)5/h13-15,19-23,32H,10-12,16-18H2,1-9H3,(H,33,34)/t20?,21?,22?,23?,31-/m0/s1. The first-order valence-corrected chi connectivity index (χ1v) is 14.9. The molecule has 12 heteroatoms. The van der Waals surface area contributed by atoms with Crippen LogP contribution in [-0.4, -0.2) is 60.6 Å². The van der Waals surface area contributed by atoms with Gasteiger partial charge < -0.3 is 33.5 Å². The number of rotatable bonds is 17. The molecule has 0 radical (unpaired) electrons. The summed E-state index contributed by atoms with van der Waals surface area (Å²) in [5.41, 5.74) is -1.97. The first kappa shape index (κ1) is 37.5. The number of nitrogens with one attached hydrogen (secondary N) is 1. The summed E-state index contributed by atoms with van der Waals surface area (Å²) in [6, 6.07) is 3.71. The fraction of sp³-hybridized carbons (Fsp3) is 0.677. The molecule has 0 aliphatic rings. The van der Waals surface area contributed by atoms with Gasteiger partial charge >= 0.3 is 24.4 Å². The monoisotopic (exact) mass is 611 g/mol. The van der Waals surface area contributed by atoms with Gasteiger partial charge in [-0.2, -0.15) is 0 Å². The van der Waals surface area contributed by atoms with Gasteiger partial charge in [0.2, 0.25) is 0 Å². The average molecular weight is 612 g/mol. The third-order valence-electron chi connectivity index (χ3n) is 7.13. The first-order chi connectivity index (χ1) is 20.2. The van der Waals surface area contributed by atoms with Crippen molar-refractivity contribution in [1.82, 2.24) is 5.32 Å². The minimum absolute atomic E-state index is 0.0292. The molecule has 1 aromatic carbocycles. The molecule has 244 valence electrons. The summed E-state index contributed by atoms with van der Waals surface area (Å²) in [5.74, 6) is -1.67. The van der Waals surface area contributed by atoms with Gasteiger partial charge in [0.1, 0.15) is 6.10 Å². The smallest absolute Gasteiger partial charge is 0.477 e. The minimum atomic E-state index is -2.24. The molecule has 0 saturated heterocycles. The Balaban J connectivity index is 3.43. The number of aliphatic carboxylic acids is 1. The lowest BCUT2D eigenvalue weighted by Gasteiger charge is -2.33. The van der Waals surface area contributed by atoms with Crippen molar-refractivity contribution in [3.8, 4) is 11.5 Å². The SMILES string of the molecule is CCC(C)COC(=O)Oc1ccc(C[C@](NC(C)CC)(OC(=O)OC(C)C(C)C)C(=O)O)cc1OC(=O)OCC(C)CC. The van der Waals surface area contributed by atoms with E-state index in [0.717, 1.165) is 12.8 Å². The van der Waals surface area contributed by atoms with Gasteiger partial charge in [-0.05, 0) is 55.7 Å². The van der Waals surface area contributed by atoms with E-state index in [9.17, 15) is 24.3 Å². The number of carboxylic acid groups (broad SMARTS) is 1. The van der Waals surface area contributed by atoms with Crippen molar-refractivity contribution in [3.05, 3.63) is 23.8 Å². The van der Waals surface area contributed by atoms with Crippen LogP contribution >= 0.6 is 0 Å². The summed E-state index contributed by atoms with van der Waals surface area (Å²) in [4.78, 5) is 50.2. The molecule has 0 bridgehead atoms. The van der Waals surface area contributed by atoms with E-state index in [2.05, 4.69) is 5.32 Å². The van der Waals surface area contributed by atoms with Crippen LogP contribution < -0.4 is 14.8 Å². The second-order valence-electron chi connectivity index (χ2n) is 11.3. The summed E-state index contributed by atoms with van der Waals surface area (Å²) in [6.45, 7) is 16.9. The highest BCUT2D eigenvalue weighted by Crippen LogP contribution is 2.32. The molecular weight excluding hydrogens is 562 g/mol. The van der Waals surface area contributed by atoms with Gasteiger partial charge in [-0.3, -0.25) is 5.32 Å². The largest absolute Gasteiger partial charge is 0.513 e. The van der Waals surface area contributed by atoms with E-state index in [0.29, 0.717) is 6.42 Å². The van der Waals surface area contributed by atoms with E-state index >= 15 is 0 Å². The van der Waals surface area contributed by atoms with Crippen LogP contribution in [0.4, 0.5) is 14.4 Å². The van der Waals surface area contributed by atoms with Crippen LogP contribution in [0.15, 0.2) is 18.2 Å². The number of ether oxygens (including phenoxy) is 6.